The molecule has 28 heavy (non-hydrogen) atoms. The number of halogens is 1. The summed E-state index contributed by atoms with van der Waals surface area (Å²) in [6, 6.07) is 7.54. The molecule has 1 aromatic carbocycles. The van der Waals surface area contributed by atoms with Crippen LogP contribution in [0.25, 0.3) is 0 Å². The van der Waals surface area contributed by atoms with Crippen molar-refractivity contribution in [2.75, 3.05) is 13.2 Å². The second-order valence-corrected chi connectivity index (χ2v) is 8.09. The van der Waals surface area contributed by atoms with E-state index in [1.807, 2.05) is 24.3 Å². The molecule has 0 aliphatic carbocycles. The minimum absolute atomic E-state index is 0.0771. The van der Waals surface area contributed by atoms with Crippen LogP contribution < -0.4 is 5.32 Å². The summed E-state index contributed by atoms with van der Waals surface area (Å²) >= 11 is 5.85. The van der Waals surface area contributed by atoms with Gasteiger partial charge in [-0.1, -0.05) is 94.9 Å². The van der Waals surface area contributed by atoms with E-state index in [4.69, 9.17) is 16.3 Å². The third-order valence-electron chi connectivity index (χ3n) is 4.99. The van der Waals surface area contributed by atoms with Crippen LogP contribution in [0.15, 0.2) is 24.3 Å². The fraction of sp³-hybridized carbons (Fsp3) is 0.708. The monoisotopic (exact) mass is 409 g/mol. The highest BCUT2D eigenvalue weighted by Gasteiger charge is 2.01. The van der Waals surface area contributed by atoms with E-state index in [2.05, 4.69) is 12.2 Å². The van der Waals surface area contributed by atoms with Gasteiger partial charge in [-0.15, -0.1) is 0 Å². The van der Waals surface area contributed by atoms with Crippen molar-refractivity contribution >= 4 is 17.5 Å². The molecule has 0 saturated heterocycles. The summed E-state index contributed by atoms with van der Waals surface area (Å²) in [7, 11) is 0. The molecule has 4 heteroatoms. The summed E-state index contributed by atoms with van der Waals surface area (Å²) in [5.74, 6) is 0.0771. The molecule has 160 valence electrons. The van der Waals surface area contributed by atoms with Gasteiger partial charge in [0.05, 0.1) is 0 Å². The first kappa shape index (κ1) is 25.0. The first-order chi connectivity index (χ1) is 13.7. The van der Waals surface area contributed by atoms with Crippen molar-refractivity contribution in [2.24, 2.45) is 0 Å². The van der Waals surface area contributed by atoms with Crippen molar-refractivity contribution < 1.29 is 9.53 Å². The number of nitrogens with one attached hydrogen (secondary N) is 1. The Morgan fingerprint density at radius 3 is 1.96 bits per heavy atom. The number of ether oxygens (including phenoxy) is 1. The third-order valence-corrected chi connectivity index (χ3v) is 5.24. The van der Waals surface area contributed by atoms with Gasteiger partial charge in [0.1, 0.15) is 0 Å². The second-order valence-electron chi connectivity index (χ2n) is 7.65. The summed E-state index contributed by atoms with van der Waals surface area (Å²) in [5.41, 5.74) is 1.06. The SMILES string of the molecule is CCCCCCCCCCCCCOCCCC(=O)NCc1ccc(Cl)cc1. The molecule has 0 heterocycles. The molecule has 0 aromatic heterocycles. The molecule has 0 aliphatic heterocycles. The molecule has 0 spiro atoms. The zero-order chi connectivity index (χ0) is 20.3. The lowest BCUT2D eigenvalue weighted by Crippen LogP contribution is -2.22. The van der Waals surface area contributed by atoms with E-state index in [0.29, 0.717) is 24.6 Å². The molecule has 0 radical (unpaired) electrons. The van der Waals surface area contributed by atoms with Crippen molar-refractivity contribution in [1.29, 1.82) is 0 Å². The Balaban J connectivity index is 1.80. The molecular formula is C24H40ClNO2. The number of hydrogen-bond donors (Lipinski definition) is 1. The number of amides is 1. The van der Waals surface area contributed by atoms with Gasteiger partial charge in [0.25, 0.3) is 0 Å². The molecule has 1 amide bonds. The van der Waals surface area contributed by atoms with Gasteiger partial charge in [-0.2, -0.15) is 0 Å². The molecule has 0 fully saturated rings. The summed E-state index contributed by atoms with van der Waals surface area (Å²) in [6.45, 7) is 4.32. The second kappa shape index (κ2) is 18.0. The summed E-state index contributed by atoms with van der Waals surface area (Å²) in [6.07, 6.45) is 16.2. The van der Waals surface area contributed by atoms with Crippen LogP contribution in [0, 0.1) is 0 Å². The van der Waals surface area contributed by atoms with Crippen LogP contribution in [0.4, 0.5) is 0 Å². The van der Waals surface area contributed by atoms with E-state index < -0.39 is 0 Å². The van der Waals surface area contributed by atoms with Crippen molar-refractivity contribution in [3.63, 3.8) is 0 Å². The fourth-order valence-corrected chi connectivity index (χ4v) is 3.32. The van der Waals surface area contributed by atoms with Crippen LogP contribution in [0.2, 0.25) is 5.02 Å². The van der Waals surface area contributed by atoms with E-state index in [1.165, 1.54) is 64.2 Å². The first-order valence-electron chi connectivity index (χ1n) is 11.3. The Labute approximate surface area is 177 Å². The van der Waals surface area contributed by atoms with Crippen molar-refractivity contribution in [2.45, 2.75) is 96.9 Å². The number of carbonyl (C=O) groups excluding carboxylic acids is 1. The van der Waals surface area contributed by atoms with Crippen LogP contribution in [-0.2, 0) is 16.1 Å². The molecule has 0 atom stereocenters. The average Bonchev–Trinajstić information content (AvgIpc) is 2.70. The number of benzene rings is 1. The van der Waals surface area contributed by atoms with Gasteiger partial charge < -0.3 is 10.1 Å². The van der Waals surface area contributed by atoms with E-state index in [9.17, 15) is 4.79 Å². The van der Waals surface area contributed by atoms with Crippen LogP contribution in [0.1, 0.15) is 96.0 Å². The van der Waals surface area contributed by atoms with E-state index in [0.717, 1.165) is 25.0 Å². The van der Waals surface area contributed by atoms with Crippen LogP contribution >= 0.6 is 11.6 Å². The normalized spacial score (nSPS) is 10.9. The van der Waals surface area contributed by atoms with Gasteiger partial charge in [0.2, 0.25) is 5.91 Å². The number of rotatable bonds is 18. The molecule has 0 bridgehead atoms. The molecule has 1 aromatic rings. The van der Waals surface area contributed by atoms with Gasteiger partial charge >= 0.3 is 0 Å². The van der Waals surface area contributed by atoms with Crippen molar-refractivity contribution in [3.8, 4) is 0 Å². The Kier molecular flexibility index (Phi) is 16.1. The third kappa shape index (κ3) is 14.9. The smallest absolute Gasteiger partial charge is 0.220 e. The van der Waals surface area contributed by atoms with Crippen LogP contribution in [0.3, 0.4) is 0 Å². The van der Waals surface area contributed by atoms with Gasteiger partial charge in [-0.3, -0.25) is 4.79 Å². The standard InChI is InChI=1S/C24H40ClNO2/c1-2-3-4-5-6-7-8-9-10-11-12-19-28-20-13-14-24(27)26-21-22-15-17-23(25)18-16-22/h15-18H,2-14,19-21H2,1H3,(H,26,27). The quantitative estimate of drug-likeness (QED) is 0.263. The highest BCUT2D eigenvalue weighted by atomic mass is 35.5. The molecule has 0 saturated carbocycles. The number of carbonyl (C=O) groups is 1. The highest BCUT2D eigenvalue weighted by molar-refractivity contribution is 6.30. The van der Waals surface area contributed by atoms with E-state index in [-0.39, 0.29) is 5.91 Å². The number of hydrogen-bond acceptors (Lipinski definition) is 2. The Bertz CT molecular complexity index is 490. The fourth-order valence-electron chi connectivity index (χ4n) is 3.20. The van der Waals surface area contributed by atoms with Gasteiger partial charge in [-0.25, -0.2) is 0 Å². The van der Waals surface area contributed by atoms with Crippen LogP contribution in [-0.4, -0.2) is 19.1 Å². The molecular weight excluding hydrogens is 370 g/mol. The number of unbranched alkanes of at least 4 members (excludes halogenated alkanes) is 10. The highest BCUT2D eigenvalue weighted by Crippen LogP contribution is 2.11. The molecule has 0 aliphatic rings. The molecule has 1 N–H and O–H groups in total. The maximum Gasteiger partial charge on any atom is 0.220 e. The van der Waals surface area contributed by atoms with Crippen molar-refractivity contribution in [3.05, 3.63) is 34.9 Å². The molecule has 3 nitrogen and oxygen atoms in total. The maximum absolute atomic E-state index is 11.8. The van der Waals surface area contributed by atoms with Crippen molar-refractivity contribution in [1.82, 2.24) is 5.32 Å². The molecule has 1 rings (SSSR count). The van der Waals surface area contributed by atoms with E-state index in [1.54, 1.807) is 0 Å². The Hall–Kier alpha value is -1.06. The predicted molar refractivity (Wildman–Crippen MR) is 120 cm³/mol. The van der Waals surface area contributed by atoms with Gasteiger partial charge in [0, 0.05) is 31.2 Å². The predicted octanol–water partition coefficient (Wildman–Crippen LogP) is 7.06. The lowest BCUT2D eigenvalue weighted by molar-refractivity contribution is -0.121. The Morgan fingerprint density at radius 2 is 1.36 bits per heavy atom. The van der Waals surface area contributed by atoms with E-state index >= 15 is 0 Å². The lowest BCUT2D eigenvalue weighted by Gasteiger charge is -2.07. The van der Waals surface area contributed by atoms with Crippen LogP contribution in [0.5, 0.6) is 0 Å². The first-order valence-corrected chi connectivity index (χ1v) is 11.7. The zero-order valence-electron chi connectivity index (χ0n) is 17.8. The maximum atomic E-state index is 11.8. The van der Waals surface area contributed by atoms with Gasteiger partial charge in [0.15, 0.2) is 0 Å². The van der Waals surface area contributed by atoms with Gasteiger partial charge in [-0.05, 0) is 30.5 Å². The lowest BCUT2D eigenvalue weighted by atomic mass is 10.1. The minimum atomic E-state index is 0.0771. The molecule has 0 unspecified atom stereocenters. The zero-order valence-corrected chi connectivity index (χ0v) is 18.6. The summed E-state index contributed by atoms with van der Waals surface area (Å²) in [5, 5.41) is 3.64. The topological polar surface area (TPSA) is 38.3 Å². The summed E-state index contributed by atoms with van der Waals surface area (Å²) in [4.78, 5) is 11.8. The summed E-state index contributed by atoms with van der Waals surface area (Å²) < 4.78 is 5.65. The average molecular weight is 410 g/mol. The largest absolute Gasteiger partial charge is 0.381 e. The Morgan fingerprint density at radius 1 is 0.821 bits per heavy atom. The minimum Gasteiger partial charge on any atom is -0.381 e.